The van der Waals surface area contributed by atoms with Crippen LogP contribution >= 0.6 is 11.8 Å². The van der Waals surface area contributed by atoms with E-state index in [1.807, 2.05) is 24.5 Å². The van der Waals surface area contributed by atoms with Crippen molar-refractivity contribution >= 4 is 17.7 Å². The molecule has 0 saturated carbocycles. The summed E-state index contributed by atoms with van der Waals surface area (Å²) < 4.78 is 6.98. The van der Waals surface area contributed by atoms with E-state index in [1.54, 1.807) is 36.7 Å². The predicted octanol–water partition coefficient (Wildman–Crippen LogP) is 2.52. The molecule has 0 bridgehead atoms. The van der Waals surface area contributed by atoms with E-state index in [4.69, 9.17) is 9.84 Å². The first-order valence-electron chi connectivity index (χ1n) is 5.57. The van der Waals surface area contributed by atoms with Crippen LogP contribution in [0.25, 0.3) is 11.3 Å². The first kappa shape index (κ1) is 13.5. The SMILES string of the molecule is COc1c(SC)cccc1-c1cc(C(=O)O)nn1C. The highest BCUT2D eigenvalue weighted by atomic mass is 32.2. The number of methoxy groups -OCH3 is 1. The molecule has 0 saturated heterocycles. The van der Waals surface area contributed by atoms with E-state index in [0.29, 0.717) is 5.69 Å². The van der Waals surface area contributed by atoms with Gasteiger partial charge in [-0.2, -0.15) is 5.10 Å². The van der Waals surface area contributed by atoms with E-state index in [0.717, 1.165) is 16.2 Å². The molecule has 0 aliphatic rings. The zero-order valence-electron chi connectivity index (χ0n) is 10.9. The molecule has 1 heterocycles. The maximum atomic E-state index is 11.0. The molecular formula is C13H14N2O3S. The number of hydrogen-bond acceptors (Lipinski definition) is 4. The summed E-state index contributed by atoms with van der Waals surface area (Å²) in [4.78, 5) is 12.0. The molecule has 0 aliphatic heterocycles. The van der Waals surface area contributed by atoms with Crippen LogP contribution in [0, 0.1) is 0 Å². The Balaban J connectivity index is 2.61. The van der Waals surface area contributed by atoms with Crippen molar-refractivity contribution in [1.82, 2.24) is 9.78 Å². The number of benzene rings is 1. The largest absolute Gasteiger partial charge is 0.495 e. The Morgan fingerprint density at radius 3 is 2.74 bits per heavy atom. The number of ether oxygens (including phenoxy) is 1. The van der Waals surface area contributed by atoms with E-state index in [9.17, 15) is 4.79 Å². The highest BCUT2D eigenvalue weighted by Gasteiger charge is 2.17. The molecule has 0 amide bonds. The summed E-state index contributed by atoms with van der Waals surface area (Å²) in [6.45, 7) is 0. The topological polar surface area (TPSA) is 64.3 Å². The van der Waals surface area contributed by atoms with Crippen molar-refractivity contribution in [2.24, 2.45) is 7.05 Å². The molecule has 1 aromatic carbocycles. The van der Waals surface area contributed by atoms with Crippen molar-refractivity contribution in [3.8, 4) is 17.0 Å². The van der Waals surface area contributed by atoms with Crippen molar-refractivity contribution in [3.05, 3.63) is 30.0 Å². The second kappa shape index (κ2) is 5.36. The number of thioether (sulfide) groups is 1. The molecule has 1 aromatic heterocycles. The van der Waals surface area contributed by atoms with Gasteiger partial charge in [0.25, 0.3) is 0 Å². The summed E-state index contributed by atoms with van der Waals surface area (Å²) in [5.41, 5.74) is 1.57. The van der Waals surface area contributed by atoms with Crippen LogP contribution in [0.4, 0.5) is 0 Å². The number of hydrogen-bond donors (Lipinski definition) is 1. The smallest absolute Gasteiger partial charge is 0.356 e. The van der Waals surface area contributed by atoms with Gasteiger partial charge in [0.2, 0.25) is 0 Å². The van der Waals surface area contributed by atoms with E-state index >= 15 is 0 Å². The Morgan fingerprint density at radius 2 is 2.21 bits per heavy atom. The lowest BCUT2D eigenvalue weighted by Gasteiger charge is -2.12. The average molecular weight is 278 g/mol. The van der Waals surface area contributed by atoms with Crippen LogP contribution in [0.1, 0.15) is 10.5 Å². The quantitative estimate of drug-likeness (QED) is 0.871. The first-order valence-corrected chi connectivity index (χ1v) is 6.79. The fourth-order valence-electron chi connectivity index (χ4n) is 1.91. The van der Waals surface area contributed by atoms with Crippen molar-refractivity contribution in [1.29, 1.82) is 0 Å². The molecule has 0 atom stereocenters. The first-order chi connectivity index (χ1) is 9.08. The van der Waals surface area contributed by atoms with Gasteiger partial charge in [0.15, 0.2) is 5.69 Å². The summed E-state index contributed by atoms with van der Waals surface area (Å²) in [6, 6.07) is 7.31. The Labute approximate surface area is 115 Å². The molecule has 100 valence electrons. The Kier molecular flexibility index (Phi) is 3.80. The van der Waals surface area contributed by atoms with Crippen molar-refractivity contribution < 1.29 is 14.6 Å². The molecule has 0 radical (unpaired) electrons. The number of carboxylic acid groups (broad SMARTS) is 1. The standard InChI is InChI=1S/C13H14N2O3S/c1-15-10(7-9(14-15)13(16)17)8-5-4-6-11(19-3)12(8)18-2/h4-7H,1-3H3,(H,16,17). The van der Waals surface area contributed by atoms with Crippen molar-refractivity contribution in [3.63, 3.8) is 0 Å². The minimum Gasteiger partial charge on any atom is -0.495 e. The highest BCUT2D eigenvalue weighted by molar-refractivity contribution is 7.98. The molecular weight excluding hydrogens is 264 g/mol. The highest BCUT2D eigenvalue weighted by Crippen LogP contribution is 2.37. The molecule has 0 spiro atoms. The molecule has 0 unspecified atom stereocenters. The van der Waals surface area contributed by atoms with Crippen LogP contribution in [0.15, 0.2) is 29.2 Å². The van der Waals surface area contributed by atoms with Gasteiger partial charge in [0, 0.05) is 17.5 Å². The van der Waals surface area contributed by atoms with Gasteiger partial charge >= 0.3 is 5.97 Å². The van der Waals surface area contributed by atoms with E-state index in [2.05, 4.69) is 5.10 Å². The zero-order valence-corrected chi connectivity index (χ0v) is 11.7. The second-order valence-corrected chi connectivity index (χ2v) is 4.73. The maximum Gasteiger partial charge on any atom is 0.356 e. The van der Waals surface area contributed by atoms with Crippen LogP contribution in [-0.2, 0) is 7.05 Å². The van der Waals surface area contributed by atoms with E-state index in [1.165, 1.54) is 0 Å². The van der Waals surface area contributed by atoms with Crippen molar-refractivity contribution in [2.75, 3.05) is 13.4 Å². The van der Waals surface area contributed by atoms with E-state index in [-0.39, 0.29) is 5.69 Å². The lowest BCUT2D eigenvalue weighted by atomic mass is 10.1. The van der Waals surface area contributed by atoms with Crippen LogP contribution in [0.2, 0.25) is 0 Å². The van der Waals surface area contributed by atoms with Crippen LogP contribution in [-0.4, -0.2) is 34.2 Å². The summed E-state index contributed by atoms with van der Waals surface area (Å²) >= 11 is 1.58. The molecule has 0 aliphatic carbocycles. The van der Waals surface area contributed by atoms with E-state index < -0.39 is 5.97 Å². The van der Waals surface area contributed by atoms with Gasteiger partial charge < -0.3 is 9.84 Å². The number of carbonyl (C=O) groups is 1. The minimum absolute atomic E-state index is 0.0223. The van der Waals surface area contributed by atoms with Gasteiger partial charge in [-0.05, 0) is 24.5 Å². The van der Waals surface area contributed by atoms with Crippen LogP contribution in [0.5, 0.6) is 5.75 Å². The van der Waals surface area contributed by atoms with Crippen LogP contribution < -0.4 is 4.74 Å². The number of aromatic nitrogens is 2. The average Bonchev–Trinajstić information content (AvgIpc) is 2.79. The molecule has 6 heteroatoms. The molecule has 19 heavy (non-hydrogen) atoms. The van der Waals surface area contributed by atoms with Gasteiger partial charge in [-0.15, -0.1) is 11.8 Å². The van der Waals surface area contributed by atoms with Crippen molar-refractivity contribution in [2.45, 2.75) is 4.90 Å². The molecule has 5 nitrogen and oxygen atoms in total. The third-order valence-corrected chi connectivity index (χ3v) is 3.54. The van der Waals surface area contributed by atoms with Gasteiger partial charge in [0.1, 0.15) is 5.75 Å². The molecule has 2 rings (SSSR count). The lowest BCUT2D eigenvalue weighted by Crippen LogP contribution is -1.99. The Hall–Kier alpha value is -1.95. The lowest BCUT2D eigenvalue weighted by molar-refractivity contribution is 0.0689. The molecule has 2 aromatic rings. The predicted molar refractivity (Wildman–Crippen MR) is 73.9 cm³/mol. The summed E-state index contributed by atoms with van der Waals surface area (Å²) in [5, 5.41) is 13.0. The monoisotopic (exact) mass is 278 g/mol. The van der Waals surface area contributed by atoms with Gasteiger partial charge in [-0.3, -0.25) is 4.68 Å². The second-order valence-electron chi connectivity index (χ2n) is 3.88. The zero-order chi connectivity index (χ0) is 14.0. The number of carboxylic acids is 1. The normalized spacial score (nSPS) is 10.5. The number of aromatic carboxylic acids is 1. The number of rotatable bonds is 4. The summed E-state index contributed by atoms with van der Waals surface area (Å²) in [7, 11) is 3.32. The third-order valence-electron chi connectivity index (χ3n) is 2.78. The molecule has 0 fully saturated rings. The Bertz CT molecular complexity index is 622. The summed E-state index contributed by atoms with van der Waals surface area (Å²) in [6.07, 6.45) is 1.97. The van der Waals surface area contributed by atoms with Gasteiger partial charge in [0.05, 0.1) is 12.8 Å². The summed E-state index contributed by atoms with van der Waals surface area (Å²) in [5.74, 6) is -0.309. The fraction of sp³-hybridized carbons (Fsp3) is 0.231. The van der Waals surface area contributed by atoms with Gasteiger partial charge in [-0.1, -0.05) is 6.07 Å². The van der Waals surface area contributed by atoms with Crippen LogP contribution in [0.3, 0.4) is 0 Å². The Morgan fingerprint density at radius 1 is 1.47 bits per heavy atom. The maximum absolute atomic E-state index is 11.0. The number of aryl methyl sites for hydroxylation is 1. The molecule has 1 N–H and O–H groups in total. The number of para-hydroxylation sites is 1. The van der Waals surface area contributed by atoms with Gasteiger partial charge in [-0.25, -0.2) is 4.79 Å². The third kappa shape index (κ3) is 2.44. The number of nitrogens with zero attached hydrogens (tertiary/aromatic N) is 2. The minimum atomic E-state index is -1.04. The fourth-order valence-corrected chi connectivity index (χ4v) is 2.51.